The smallest absolute Gasteiger partial charge is 0.257 e. The number of benzene rings is 2. The van der Waals surface area contributed by atoms with Gasteiger partial charge in [0.05, 0.1) is 11.7 Å². The Bertz CT molecular complexity index is 752. The summed E-state index contributed by atoms with van der Waals surface area (Å²) < 4.78 is 0. The van der Waals surface area contributed by atoms with Gasteiger partial charge in [-0.1, -0.05) is 23.7 Å². The number of amides is 1. The number of hydrogen-bond acceptors (Lipinski definition) is 3. The second kappa shape index (κ2) is 5.83. The molecule has 22 heavy (non-hydrogen) atoms. The molecule has 1 heterocycles. The maximum Gasteiger partial charge on any atom is 0.257 e. The minimum Gasteiger partial charge on any atom is -0.389 e. The van der Waals surface area contributed by atoms with Crippen molar-refractivity contribution in [1.82, 2.24) is 0 Å². The molecular weight excluding hydrogens is 300 g/mol. The van der Waals surface area contributed by atoms with Gasteiger partial charge in [-0.25, -0.2) is 0 Å². The zero-order chi connectivity index (χ0) is 15.7. The number of carbonyl (C=O) groups is 1. The van der Waals surface area contributed by atoms with Crippen LogP contribution < -0.4 is 10.6 Å². The fraction of sp³-hybridized carbons (Fsp3) is 0.118. The zero-order valence-corrected chi connectivity index (χ0v) is 12.7. The van der Waals surface area contributed by atoms with E-state index in [4.69, 9.17) is 11.6 Å². The Morgan fingerprint density at radius 1 is 1.23 bits per heavy atom. The Morgan fingerprint density at radius 2 is 1.95 bits per heavy atom. The van der Waals surface area contributed by atoms with Gasteiger partial charge in [-0.05, 0) is 42.8 Å². The van der Waals surface area contributed by atoms with Crippen molar-refractivity contribution >= 4 is 34.5 Å². The predicted octanol–water partition coefficient (Wildman–Crippen LogP) is 3.80. The molecule has 4 nitrogen and oxygen atoms in total. The van der Waals surface area contributed by atoms with Crippen molar-refractivity contribution in [2.24, 2.45) is 0 Å². The van der Waals surface area contributed by atoms with E-state index in [1.54, 1.807) is 31.3 Å². The minimum absolute atomic E-state index is 0.162. The number of halogens is 1. The quantitative estimate of drug-likeness (QED) is 0.755. The monoisotopic (exact) mass is 314 g/mol. The highest BCUT2D eigenvalue weighted by Gasteiger charge is 2.24. The maximum absolute atomic E-state index is 12.0. The van der Waals surface area contributed by atoms with Crippen LogP contribution in [0.15, 0.2) is 48.7 Å². The molecule has 3 N–H and O–H groups in total. The molecule has 0 saturated carbocycles. The van der Waals surface area contributed by atoms with E-state index in [0.717, 1.165) is 22.5 Å². The lowest BCUT2D eigenvalue weighted by Gasteiger charge is -2.07. The molecular formula is C17H15ClN2O2. The van der Waals surface area contributed by atoms with Crippen molar-refractivity contribution in [3.63, 3.8) is 0 Å². The predicted molar refractivity (Wildman–Crippen MR) is 88.8 cm³/mol. The lowest BCUT2D eigenvalue weighted by molar-refractivity contribution is -0.110. The average molecular weight is 315 g/mol. The molecule has 0 radical (unpaired) electrons. The molecule has 0 saturated heterocycles. The van der Waals surface area contributed by atoms with Gasteiger partial charge in [0.25, 0.3) is 5.91 Å². The summed E-state index contributed by atoms with van der Waals surface area (Å²) in [5, 5.41) is 16.0. The largest absolute Gasteiger partial charge is 0.389 e. The number of hydrogen-bond donors (Lipinski definition) is 3. The lowest BCUT2D eigenvalue weighted by Crippen LogP contribution is -2.05. The highest BCUT2D eigenvalue weighted by molar-refractivity contribution is 6.34. The first-order chi connectivity index (χ1) is 10.5. The summed E-state index contributed by atoms with van der Waals surface area (Å²) in [7, 11) is 0. The van der Waals surface area contributed by atoms with Crippen LogP contribution in [0.25, 0.3) is 5.57 Å². The second-order valence-corrected chi connectivity index (χ2v) is 5.58. The molecule has 0 spiro atoms. The van der Waals surface area contributed by atoms with Crippen LogP contribution in [0.4, 0.5) is 11.4 Å². The number of rotatable bonds is 3. The summed E-state index contributed by atoms with van der Waals surface area (Å²) >= 11 is 5.99. The van der Waals surface area contributed by atoms with Gasteiger partial charge in [0.15, 0.2) is 0 Å². The molecule has 1 amide bonds. The summed E-state index contributed by atoms with van der Waals surface area (Å²) in [6.07, 6.45) is 1.16. The lowest BCUT2D eigenvalue weighted by atomic mass is 10.1. The molecule has 1 aliphatic rings. The highest BCUT2D eigenvalue weighted by Crippen LogP contribution is 2.33. The topological polar surface area (TPSA) is 61.4 Å². The third-order valence-corrected chi connectivity index (χ3v) is 3.78. The number of fused-ring (bicyclic) bond motifs is 1. The van der Waals surface area contributed by atoms with Crippen LogP contribution in [0.2, 0.25) is 5.02 Å². The molecule has 2 aromatic carbocycles. The zero-order valence-electron chi connectivity index (χ0n) is 11.9. The molecule has 1 unspecified atom stereocenters. The van der Waals surface area contributed by atoms with Gasteiger partial charge >= 0.3 is 0 Å². The fourth-order valence-corrected chi connectivity index (χ4v) is 2.49. The molecule has 0 aromatic heterocycles. The van der Waals surface area contributed by atoms with Crippen molar-refractivity contribution in [3.05, 3.63) is 64.8 Å². The first kappa shape index (κ1) is 14.6. The second-order valence-electron chi connectivity index (χ2n) is 5.14. The number of carbonyl (C=O) groups excluding carboxylic acids is 1. The average Bonchev–Trinajstić information content (AvgIpc) is 2.80. The van der Waals surface area contributed by atoms with Gasteiger partial charge in [-0.2, -0.15) is 0 Å². The van der Waals surface area contributed by atoms with Crippen molar-refractivity contribution in [3.8, 4) is 0 Å². The normalized spacial score (nSPS) is 16.3. The summed E-state index contributed by atoms with van der Waals surface area (Å²) in [6, 6.07) is 12.7. The van der Waals surface area contributed by atoms with Crippen LogP contribution in [-0.2, 0) is 4.79 Å². The Labute approximate surface area is 133 Å². The van der Waals surface area contributed by atoms with E-state index in [1.807, 2.05) is 24.3 Å². The van der Waals surface area contributed by atoms with Gasteiger partial charge in [0.1, 0.15) is 0 Å². The van der Waals surface area contributed by atoms with E-state index < -0.39 is 6.10 Å². The molecule has 112 valence electrons. The Balaban J connectivity index is 1.84. The molecule has 1 aliphatic heterocycles. The van der Waals surface area contributed by atoms with Crippen LogP contribution in [0.5, 0.6) is 0 Å². The summed E-state index contributed by atoms with van der Waals surface area (Å²) in [6.45, 7) is 1.72. The third-order valence-electron chi connectivity index (χ3n) is 3.54. The first-order valence-corrected chi connectivity index (χ1v) is 7.28. The van der Waals surface area contributed by atoms with Crippen molar-refractivity contribution < 1.29 is 9.90 Å². The van der Waals surface area contributed by atoms with E-state index in [-0.39, 0.29) is 5.91 Å². The van der Waals surface area contributed by atoms with Crippen LogP contribution >= 0.6 is 11.6 Å². The molecule has 2 aromatic rings. The molecule has 3 rings (SSSR count). The molecule has 0 aliphatic carbocycles. The van der Waals surface area contributed by atoms with E-state index >= 15 is 0 Å². The van der Waals surface area contributed by atoms with Crippen LogP contribution in [0.3, 0.4) is 0 Å². The number of aliphatic hydroxyl groups excluding tert-OH is 1. The number of anilines is 2. The SMILES string of the molecule is CC(O)c1ccc(N/C=C2/C(=O)Nc3ccc(Cl)cc32)cc1. The molecule has 1 atom stereocenters. The van der Waals surface area contributed by atoms with E-state index in [1.165, 1.54) is 0 Å². The van der Waals surface area contributed by atoms with Crippen LogP contribution in [-0.4, -0.2) is 11.0 Å². The van der Waals surface area contributed by atoms with Crippen molar-refractivity contribution in [1.29, 1.82) is 0 Å². The molecule has 0 fully saturated rings. The number of aliphatic hydroxyl groups is 1. The van der Waals surface area contributed by atoms with Crippen LogP contribution in [0.1, 0.15) is 24.2 Å². The van der Waals surface area contributed by atoms with Gasteiger partial charge in [0, 0.05) is 28.2 Å². The maximum atomic E-state index is 12.0. The molecule has 5 heteroatoms. The first-order valence-electron chi connectivity index (χ1n) is 6.90. The van der Waals surface area contributed by atoms with Gasteiger partial charge in [-0.15, -0.1) is 0 Å². The van der Waals surface area contributed by atoms with Crippen molar-refractivity contribution in [2.45, 2.75) is 13.0 Å². The number of nitrogens with one attached hydrogen (secondary N) is 2. The third kappa shape index (κ3) is 2.84. The van der Waals surface area contributed by atoms with Crippen molar-refractivity contribution in [2.75, 3.05) is 10.6 Å². The van der Waals surface area contributed by atoms with E-state index in [9.17, 15) is 9.90 Å². The highest BCUT2D eigenvalue weighted by atomic mass is 35.5. The fourth-order valence-electron chi connectivity index (χ4n) is 2.32. The Kier molecular flexibility index (Phi) is 3.88. The van der Waals surface area contributed by atoms with Crippen LogP contribution in [0, 0.1) is 0 Å². The Morgan fingerprint density at radius 3 is 2.64 bits per heavy atom. The Hall–Kier alpha value is -2.30. The van der Waals surface area contributed by atoms with E-state index in [0.29, 0.717) is 10.6 Å². The summed E-state index contributed by atoms with van der Waals surface area (Å²) in [5.41, 5.74) is 3.75. The molecule has 0 bridgehead atoms. The van der Waals surface area contributed by atoms with Gasteiger partial charge in [-0.3, -0.25) is 4.79 Å². The van der Waals surface area contributed by atoms with Gasteiger partial charge < -0.3 is 15.7 Å². The standard InChI is InChI=1S/C17H15ClN2O2/c1-10(21)11-2-5-13(6-3-11)19-9-15-14-8-12(18)4-7-16(14)20-17(15)22/h2-10,19,21H,1H3,(H,20,22)/b15-9+. The summed E-state index contributed by atoms with van der Waals surface area (Å²) in [5.74, 6) is -0.162. The minimum atomic E-state index is -0.498. The van der Waals surface area contributed by atoms with Gasteiger partial charge in [0.2, 0.25) is 0 Å². The van der Waals surface area contributed by atoms with E-state index in [2.05, 4.69) is 10.6 Å². The summed E-state index contributed by atoms with van der Waals surface area (Å²) in [4.78, 5) is 12.0.